The van der Waals surface area contributed by atoms with E-state index < -0.39 is 17.9 Å². The summed E-state index contributed by atoms with van der Waals surface area (Å²) in [5, 5.41) is 11.7. The van der Waals surface area contributed by atoms with Crippen molar-refractivity contribution in [1.82, 2.24) is 5.32 Å². The largest absolute Gasteiger partial charge is 0.484 e. The average Bonchev–Trinajstić information content (AvgIpc) is 2.36. The maximum atomic E-state index is 11.5. The molecule has 0 fully saturated rings. The van der Waals surface area contributed by atoms with Gasteiger partial charge in [-0.05, 0) is 24.6 Å². The Bertz CT molecular complexity index is 475. The van der Waals surface area contributed by atoms with Gasteiger partial charge in [-0.15, -0.1) is 6.58 Å². The number of halogens is 1. The summed E-state index contributed by atoms with van der Waals surface area (Å²) >= 11 is 5.76. The number of nitrogens with one attached hydrogen (secondary N) is 1. The fraction of sp³-hybridized carbons (Fsp3) is 0.231. The van der Waals surface area contributed by atoms with Gasteiger partial charge in [-0.3, -0.25) is 4.79 Å². The molecule has 19 heavy (non-hydrogen) atoms. The normalized spacial score (nSPS) is 11.4. The zero-order chi connectivity index (χ0) is 14.3. The number of ether oxygens (including phenoxy) is 1. The highest BCUT2D eigenvalue weighted by Crippen LogP contribution is 2.16. The first-order chi connectivity index (χ1) is 9.02. The molecular weight excluding hydrogens is 270 g/mol. The van der Waals surface area contributed by atoms with Crippen molar-refractivity contribution in [2.75, 3.05) is 6.61 Å². The summed E-state index contributed by atoms with van der Waals surface area (Å²) in [6, 6.07) is 5.59. The van der Waals surface area contributed by atoms with Gasteiger partial charge in [0.1, 0.15) is 11.8 Å². The van der Waals surface area contributed by atoms with Gasteiger partial charge in [0.2, 0.25) is 0 Å². The van der Waals surface area contributed by atoms with E-state index in [9.17, 15) is 9.59 Å². The summed E-state index contributed by atoms with van der Waals surface area (Å²) in [7, 11) is 0. The Balaban J connectivity index is 2.46. The number of carbonyl (C=O) groups excluding carboxylic acids is 1. The van der Waals surface area contributed by atoms with Crippen LogP contribution in [-0.4, -0.2) is 29.6 Å². The number of carbonyl (C=O) groups is 2. The Morgan fingerprint density at radius 1 is 1.53 bits per heavy atom. The first-order valence-electron chi connectivity index (χ1n) is 5.54. The second-order valence-electron chi connectivity index (χ2n) is 3.73. The SMILES string of the molecule is C=CCC(NC(=O)COc1cccc(Cl)c1)C(=O)O. The summed E-state index contributed by atoms with van der Waals surface area (Å²) in [6.45, 7) is 3.16. The van der Waals surface area contributed by atoms with Crippen LogP contribution in [0.25, 0.3) is 0 Å². The van der Waals surface area contributed by atoms with Crippen LogP contribution in [0.5, 0.6) is 5.75 Å². The number of rotatable bonds is 7. The molecule has 0 aliphatic carbocycles. The molecule has 1 aromatic rings. The second kappa shape index (κ2) is 7.43. The van der Waals surface area contributed by atoms with Crippen molar-refractivity contribution in [2.24, 2.45) is 0 Å². The molecule has 102 valence electrons. The van der Waals surface area contributed by atoms with Gasteiger partial charge in [0.05, 0.1) is 0 Å². The average molecular weight is 284 g/mol. The molecule has 0 spiro atoms. The van der Waals surface area contributed by atoms with E-state index in [1.165, 1.54) is 6.08 Å². The molecule has 0 aliphatic rings. The lowest BCUT2D eigenvalue weighted by Crippen LogP contribution is -2.42. The minimum atomic E-state index is -1.11. The van der Waals surface area contributed by atoms with Crippen LogP contribution < -0.4 is 10.1 Å². The zero-order valence-corrected chi connectivity index (χ0v) is 10.9. The predicted octanol–water partition coefficient (Wildman–Crippen LogP) is 1.86. The van der Waals surface area contributed by atoms with Crippen LogP contribution in [0.2, 0.25) is 5.02 Å². The van der Waals surface area contributed by atoms with E-state index >= 15 is 0 Å². The molecule has 0 bridgehead atoms. The number of benzene rings is 1. The molecule has 1 amide bonds. The molecule has 0 saturated heterocycles. The number of carboxylic acids is 1. The zero-order valence-electron chi connectivity index (χ0n) is 10.1. The molecule has 5 nitrogen and oxygen atoms in total. The van der Waals surface area contributed by atoms with Crippen molar-refractivity contribution in [3.05, 3.63) is 41.9 Å². The quantitative estimate of drug-likeness (QED) is 0.749. The van der Waals surface area contributed by atoms with Gasteiger partial charge in [0, 0.05) is 5.02 Å². The highest BCUT2D eigenvalue weighted by atomic mass is 35.5. The third-order valence-corrected chi connectivity index (χ3v) is 2.44. The van der Waals surface area contributed by atoms with Crippen LogP contribution in [0.1, 0.15) is 6.42 Å². The Hall–Kier alpha value is -2.01. The molecule has 2 N–H and O–H groups in total. The summed E-state index contributed by atoms with van der Waals surface area (Å²) < 4.78 is 5.19. The van der Waals surface area contributed by atoms with Gasteiger partial charge >= 0.3 is 5.97 Å². The summed E-state index contributed by atoms with van der Waals surface area (Å²) in [6.07, 6.45) is 1.58. The van der Waals surface area contributed by atoms with E-state index in [2.05, 4.69) is 11.9 Å². The van der Waals surface area contributed by atoms with Crippen LogP contribution in [0.3, 0.4) is 0 Å². The van der Waals surface area contributed by atoms with Gasteiger partial charge in [-0.25, -0.2) is 4.79 Å². The molecular formula is C13H14ClNO4. The molecule has 0 saturated carbocycles. The number of aliphatic carboxylic acids is 1. The molecule has 0 heterocycles. The van der Waals surface area contributed by atoms with E-state index in [1.54, 1.807) is 24.3 Å². The van der Waals surface area contributed by atoms with Crippen molar-refractivity contribution in [2.45, 2.75) is 12.5 Å². The molecule has 0 aromatic heterocycles. The fourth-order valence-corrected chi connectivity index (χ4v) is 1.51. The van der Waals surface area contributed by atoms with Crippen LogP contribution in [-0.2, 0) is 9.59 Å². The standard InChI is InChI=1S/C13H14ClNO4/c1-2-4-11(13(17)18)15-12(16)8-19-10-6-3-5-9(14)7-10/h2-3,5-7,11H,1,4,8H2,(H,15,16)(H,17,18). The Morgan fingerprint density at radius 3 is 2.84 bits per heavy atom. The number of hydrogen-bond acceptors (Lipinski definition) is 3. The maximum absolute atomic E-state index is 11.5. The molecule has 0 aliphatic heterocycles. The van der Waals surface area contributed by atoms with Gasteiger partial charge in [0.25, 0.3) is 5.91 Å². The van der Waals surface area contributed by atoms with Crippen molar-refractivity contribution in [1.29, 1.82) is 0 Å². The summed E-state index contributed by atoms with van der Waals surface area (Å²) in [4.78, 5) is 22.3. The molecule has 1 aromatic carbocycles. The Morgan fingerprint density at radius 2 is 2.26 bits per heavy atom. The first-order valence-corrected chi connectivity index (χ1v) is 5.92. The number of amides is 1. The molecule has 1 atom stereocenters. The van der Waals surface area contributed by atoms with E-state index in [1.807, 2.05) is 0 Å². The van der Waals surface area contributed by atoms with Crippen molar-refractivity contribution >= 4 is 23.5 Å². The minimum absolute atomic E-state index is 0.151. The summed E-state index contributed by atoms with van der Waals surface area (Å²) in [5.74, 6) is -1.19. The van der Waals surface area contributed by atoms with Gasteiger partial charge in [-0.2, -0.15) is 0 Å². The fourth-order valence-electron chi connectivity index (χ4n) is 1.33. The summed E-state index contributed by atoms with van der Waals surface area (Å²) in [5.41, 5.74) is 0. The van der Waals surface area contributed by atoms with Crippen molar-refractivity contribution in [3.63, 3.8) is 0 Å². The van der Waals surface area contributed by atoms with Gasteiger partial charge in [0.15, 0.2) is 6.61 Å². The monoisotopic (exact) mass is 283 g/mol. The second-order valence-corrected chi connectivity index (χ2v) is 4.17. The van der Waals surface area contributed by atoms with Crippen LogP contribution in [0.15, 0.2) is 36.9 Å². The topological polar surface area (TPSA) is 75.6 Å². The molecule has 6 heteroatoms. The highest BCUT2D eigenvalue weighted by molar-refractivity contribution is 6.30. The van der Waals surface area contributed by atoms with Gasteiger partial charge in [-0.1, -0.05) is 23.7 Å². The Labute approximate surface area is 115 Å². The molecule has 1 rings (SSSR count). The third kappa shape index (κ3) is 5.44. The number of hydrogen-bond donors (Lipinski definition) is 2. The smallest absolute Gasteiger partial charge is 0.326 e. The molecule has 1 unspecified atom stereocenters. The van der Waals surface area contributed by atoms with Crippen LogP contribution in [0.4, 0.5) is 0 Å². The van der Waals surface area contributed by atoms with Gasteiger partial charge < -0.3 is 15.2 Å². The lowest BCUT2D eigenvalue weighted by atomic mass is 10.2. The lowest BCUT2D eigenvalue weighted by Gasteiger charge is -2.13. The van der Waals surface area contributed by atoms with E-state index in [0.29, 0.717) is 10.8 Å². The number of carboxylic acid groups (broad SMARTS) is 1. The van der Waals surface area contributed by atoms with Crippen LogP contribution >= 0.6 is 11.6 Å². The highest BCUT2D eigenvalue weighted by Gasteiger charge is 2.18. The van der Waals surface area contributed by atoms with Crippen molar-refractivity contribution < 1.29 is 19.4 Å². The van der Waals surface area contributed by atoms with E-state index in [-0.39, 0.29) is 13.0 Å². The van der Waals surface area contributed by atoms with Crippen LogP contribution in [0, 0.1) is 0 Å². The lowest BCUT2D eigenvalue weighted by molar-refractivity contribution is -0.142. The Kier molecular flexibility index (Phi) is 5.89. The van der Waals surface area contributed by atoms with Crippen molar-refractivity contribution in [3.8, 4) is 5.75 Å². The first kappa shape index (κ1) is 15.0. The maximum Gasteiger partial charge on any atom is 0.326 e. The third-order valence-electron chi connectivity index (χ3n) is 2.20. The minimum Gasteiger partial charge on any atom is -0.484 e. The predicted molar refractivity (Wildman–Crippen MR) is 71.3 cm³/mol. The molecule has 0 radical (unpaired) electrons. The van der Waals surface area contributed by atoms with E-state index in [0.717, 1.165) is 0 Å². The van der Waals surface area contributed by atoms with E-state index in [4.69, 9.17) is 21.4 Å².